The SMILES string of the molecule is COC(O)c1ccccc1/N=C/CC(C)CCCC(C)(C)O. The van der Waals surface area contributed by atoms with Gasteiger partial charge in [-0.05, 0) is 38.7 Å². The Morgan fingerprint density at radius 1 is 1.32 bits per heavy atom. The molecular formula is C18H29NO3. The van der Waals surface area contributed by atoms with Crippen LogP contribution >= 0.6 is 0 Å². The van der Waals surface area contributed by atoms with Crippen molar-refractivity contribution in [2.45, 2.75) is 58.3 Å². The van der Waals surface area contributed by atoms with E-state index in [0.717, 1.165) is 31.4 Å². The first kappa shape index (κ1) is 18.8. The van der Waals surface area contributed by atoms with Gasteiger partial charge in [-0.3, -0.25) is 4.99 Å². The second-order valence-corrected chi connectivity index (χ2v) is 6.50. The molecule has 0 aliphatic heterocycles. The number of hydrogen-bond acceptors (Lipinski definition) is 4. The average Bonchev–Trinajstić information content (AvgIpc) is 2.45. The molecule has 0 fully saturated rings. The number of methoxy groups -OCH3 is 1. The van der Waals surface area contributed by atoms with Crippen LogP contribution in [0, 0.1) is 5.92 Å². The van der Waals surface area contributed by atoms with Crippen LogP contribution in [0.1, 0.15) is 58.3 Å². The molecule has 0 saturated carbocycles. The molecule has 0 spiro atoms. The van der Waals surface area contributed by atoms with Crippen molar-refractivity contribution in [3.8, 4) is 0 Å². The molecule has 1 aromatic carbocycles. The first-order valence-electron chi connectivity index (χ1n) is 7.88. The topological polar surface area (TPSA) is 62.0 Å². The Hall–Kier alpha value is -1.23. The molecule has 2 N–H and O–H groups in total. The van der Waals surface area contributed by atoms with Gasteiger partial charge in [0, 0.05) is 18.9 Å². The minimum atomic E-state index is -0.947. The van der Waals surface area contributed by atoms with E-state index in [-0.39, 0.29) is 0 Å². The summed E-state index contributed by atoms with van der Waals surface area (Å²) in [4.78, 5) is 4.46. The standard InChI is InChI=1S/C18H29NO3/c1-14(8-7-12-18(2,3)21)11-13-19-16-10-6-5-9-15(16)17(20)22-4/h5-6,9-10,13-14,17,20-21H,7-8,11-12H2,1-4H3/b19-13+. The van der Waals surface area contributed by atoms with Crippen molar-refractivity contribution < 1.29 is 14.9 Å². The highest BCUT2D eigenvalue weighted by Crippen LogP contribution is 2.25. The maximum absolute atomic E-state index is 9.79. The minimum absolute atomic E-state index is 0.519. The number of benzene rings is 1. The van der Waals surface area contributed by atoms with Crippen LogP contribution in [-0.2, 0) is 4.74 Å². The molecule has 124 valence electrons. The number of nitrogens with zero attached hydrogens (tertiary/aromatic N) is 1. The molecule has 0 aliphatic rings. The molecular weight excluding hydrogens is 278 g/mol. The van der Waals surface area contributed by atoms with Crippen molar-refractivity contribution in [2.75, 3.05) is 7.11 Å². The quantitative estimate of drug-likeness (QED) is 0.535. The van der Waals surface area contributed by atoms with Gasteiger partial charge < -0.3 is 14.9 Å². The summed E-state index contributed by atoms with van der Waals surface area (Å²) in [5.41, 5.74) is 0.833. The number of aliphatic imine (C=N–C) groups is 1. The molecule has 0 aromatic heterocycles. The summed E-state index contributed by atoms with van der Waals surface area (Å²) in [6.45, 7) is 5.88. The fraction of sp³-hybridized carbons (Fsp3) is 0.611. The number of para-hydroxylation sites is 1. The second kappa shape index (κ2) is 9.03. The van der Waals surface area contributed by atoms with Gasteiger partial charge in [0.05, 0.1) is 11.3 Å². The molecule has 22 heavy (non-hydrogen) atoms. The van der Waals surface area contributed by atoms with Crippen LogP contribution in [-0.4, -0.2) is 29.1 Å². The lowest BCUT2D eigenvalue weighted by molar-refractivity contribution is -0.0764. The smallest absolute Gasteiger partial charge is 0.182 e. The van der Waals surface area contributed by atoms with Gasteiger partial charge in [-0.25, -0.2) is 0 Å². The average molecular weight is 307 g/mol. The van der Waals surface area contributed by atoms with Crippen LogP contribution in [0.5, 0.6) is 0 Å². The molecule has 4 nitrogen and oxygen atoms in total. The van der Waals surface area contributed by atoms with Crippen LogP contribution < -0.4 is 0 Å². The van der Waals surface area contributed by atoms with Crippen LogP contribution in [0.15, 0.2) is 29.3 Å². The van der Waals surface area contributed by atoms with Crippen molar-refractivity contribution in [1.29, 1.82) is 0 Å². The maximum Gasteiger partial charge on any atom is 0.182 e. The summed E-state index contributed by atoms with van der Waals surface area (Å²) in [6.07, 6.45) is 4.73. The molecule has 0 heterocycles. The summed E-state index contributed by atoms with van der Waals surface area (Å²) < 4.78 is 4.95. The Kier molecular flexibility index (Phi) is 7.73. The van der Waals surface area contributed by atoms with Gasteiger partial charge in [0.25, 0.3) is 0 Å². The van der Waals surface area contributed by atoms with E-state index < -0.39 is 11.9 Å². The highest BCUT2D eigenvalue weighted by Gasteiger charge is 2.13. The van der Waals surface area contributed by atoms with Gasteiger partial charge in [-0.1, -0.05) is 38.0 Å². The van der Waals surface area contributed by atoms with Gasteiger partial charge in [0.2, 0.25) is 0 Å². The molecule has 0 saturated heterocycles. The van der Waals surface area contributed by atoms with Crippen LogP contribution in [0.4, 0.5) is 5.69 Å². The Morgan fingerprint density at radius 2 is 2.00 bits per heavy atom. The van der Waals surface area contributed by atoms with E-state index >= 15 is 0 Å². The number of aliphatic hydroxyl groups excluding tert-OH is 1. The minimum Gasteiger partial charge on any atom is -0.390 e. The van der Waals surface area contributed by atoms with E-state index in [9.17, 15) is 10.2 Å². The molecule has 0 amide bonds. The maximum atomic E-state index is 9.79. The summed E-state index contributed by atoms with van der Waals surface area (Å²) in [5, 5.41) is 19.5. The van der Waals surface area contributed by atoms with E-state index in [1.54, 1.807) is 0 Å². The fourth-order valence-electron chi connectivity index (χ4n) is 2.27. The Bertz CT molecular complexity index is 466. The molecule has 1 rings (SSSR count). The highest BCUT2D eigenvalue weighted by atomic mass is 16.6. The van der Waals surface area contributed by atoms with Gasteiger partial charge in [-0.15, -0.1) is 0 Å². The molecule has 0 bridgehead atoms. The third-order valence-electron chi connectivity index (χ3n) is 3.65. The van der Waals surface area contributed by atoms with Crippen LogP contribution in [0.25, 0.3) is 0 Å². The monoisotopic (exact) mass is 307 g/mol. The summed E-state index contributed by atoms with van der Waals surface area (Å²) in [5.74, 6) is 0.519. The number of ether oxygens (including phenoxy) is 1. The third-order valence-corrected chi connectivity index (χ3v) is 3.65. The Morgan fingerprint density at radius 3 is 2.64 bits per heavy atom. The number of aliphatic hydroxyl groups is 2. The zero-order valence-corrected chi connectivity index (χ0v) is 14.1. The first-order valence-corrected chi connectivity index (χ1v) is 7.88. The summed E-state index contributed by atoms with van der Waals surface area (Å²) in [6, 6.07) is 7.43. The molecule has 4 heteroatoms. The Labute approximate surface area is 133 Å². The predicted octanol–water partition coefficient (Wildman–Crippen LogP) is 3.99. The first-order chi connectivity index (χ1) is 10.3. The van der Waals surface area contributed by atoms with Gasteiger partial charge in [-0.2, -0.15) is 0 Å². The summed E-state index contributed by atoms with van der Waals surface area (Å²) >= 11 is 0. The molecule has 0 radical (unpaired) electrons. The van der Waals surface area contributed by atoms with Crippen molar-refractivity contribution in [3.05, 3.63) is 29.8 Å². The lowest BCUT2D eigenvalue weighted by atomic mass is 9.95. The zero-order chi connectivity index (χ0) is 16.6. The number of rotatable bonds is 9. The number of hydrogen-bond donors (Lipinski definition) is 2. The van der Waals surface area contributed by atoms with Crippen molar-refractivity contribution >= 4 is 11.9 Å². The van der Waals surface area contributed by atoms with Gasteiger partial charge in [0.15, 0.2) is 6.29 Å². The van der Waals surface area contributed by atoms with E-state index in [0.29, 0.717) is 11.5 Å². The van der Waals surface area contributed by atoms with Gasteiger partial charge in [0.1, 0.15) is 0 Å². The fourth-order valence-corrected chi connectivity index (χ4v) is 2.27. The van der Waals surface area contributed by atoms with E-state index in [4.69, 9.17) is 4.74 Å². The van der Waals surface area contributed by atoms with E-state index in [1.807, 2.05) is 44.3 Å². The molecule has 2 unspecified atom stereocenters. The Balaban J connectivity index is 2.49. The molecule has 1 aromatic rings. The zero-order valence-electron chi connectivity index (χ0n) is 14.1. The van der Waals surface area contributed by atoms with Crippen LogP contribution in [0.2, 0.25) is 0 Å². The van der Waals surface area contributed by atoms with Crippen molar-refractivity contribution in [3.63, 3.8) is 0 Å². The molecule has 2 atom stereocenters. The second-order valence-electron chi connectivity index (χ2n) is 6.50. The van der Waals surface area contributed by atoms with E-state index in [2.05, 4.69) is 11.9 Å². The third kappa shape index (κ3) is 7.16. The lowest BCUT2D eigenvalue weighted by Crippen LogP contribution is -2.18. The highest BCUT2D eigenvalue weighted by molar-refractivity contribution is 5.65. The summed E-state index contributed by atoms with van der Waals surface area (Å²) in [7, 11) is 1.47. The molecule has 0 aliphatic carbocycles. The van der Waals surface area contributed by atoms with E-state index in [1.165, 1.54) is 7.11 Å². The van der Waals surface area contributed by atoms with Crippen molar-refractivity contribution in [2.24, 2.45) is 10.9 Å². The van der Waals surface area contributed by atoms with Gasteiger partial charge >= 0.3 is 0 Å². The van der Waals surface area contributed by atoms with Crippen LogP contribution in [0.3, 0.4) is 0 Å². The van der Waals surface area contributed by atoms with Crippen molar-refractivity contribution in [1.82, 2.24) is 0 Å². The normalized spacial score (nSPS) is 15.2. The largest absolute Gasteiger partial charge is 0.390 e. The predicted molar refractivity (Wildman–Crippen MR) is 90.5 cm³/mol. The lowest BCUT2D eigenvalue weighted by Gasteiger charge is -2.17.